The van der Waals surface area contributed by atoms with Crippen LogP contribution < -0.4 is 5.32 Å². The number of nitrogens with one attached hydrogen (secondary N) is 1. The van der Waals surface area contributed by atoms with Crippen LogP contribution in [0.4, 0.5) is 0 Å². The van der Waals surface area contributed by atoms with Gasteiger partial charge in [-0.3, -0.25) is 14.0 Å². The van der Waals surface area contributed by atoms with Gasteiger partial charge in [-0.1, -0.05) is 41.4 Å². The van der Waals surface area contributed by atoms with Crippen molar-refractivity contribution in [2.45, 2.75) is 38.8 Å². The highest BCUT2D eigenvalue weighted by atomic mass is 35.5. The van der Waals surface area contributed by atoms with Gasteiger partial charge in [0.25, 0.3) is 11.8 Å². The Labute approximate surface area is 209 Å². The monoisotopic (exact) mass is 511 g/mol. The highest BCUT2D eigenvalue weighted by Gasteiger charge is 2.54. The second-order valence-electron chi connectivity index (χ2n) is 8.96. The summed E-state index contributed by atoms with van der Waals surface area (Å²) >= 11 is 9.19. The molecule has 2 aliphatic rings. The highest BCUT2D eigenvalue weighted by Crippen LogP contribution is 2.48. The molecule has 6 rings (SSSR count). The molecule has 4 aromatic rings. The van der Waals surface area contributed by atoms with Crippen LogP contribution in [0.5, 0.6) is 0 Å². The third-order valence-corrected chi connectivity index (χ3v) is 8.64. The number of aromatic nitrogens is 3. The second kappa shape index (κ2) is 8.18. The number of imidazole rings is 1. The number of hydrogen-bond acceptors (Lipinski definition) is 6. The number of nitrogens with zero attached hydrogens (tertiary/aromatic N) is 4. The number of rotatable bonds is 5. The number of carbonyl (C=O) groups excluding carboxylic acids is 2. The van der Waals surface area contributed by atoms with E-state index in [-0.39, 0.29) is 29.1 Å². The minimum atomic E-state index is -0.283. The van der Waals surface area contributed by atoms with Crippen LogP contribution in [0, 0.1) is 19.8 Å². The first kappa shape index (κ1) is 21.8. The van der Waals surface area contributed by atoms with Crippen molar-refractivity contribution in [1.82, 2.24) is 24.6 Å². The fraction of sp³-hybridized carbons (Fsp3) is 0.333. The quantitative estimate of drug-likeness (QED) is 0.416. The number of aryl methyl sites for hydroxylation is 2. The summed E-state index contributed by atoms with van der Waals surface area (Å²) in [5, 5.41) is 5.91. The van der Waals surface area contributed by atoms with Crippen molar-refractivity contribution in [2.75, 3.05) is 6.54 Å². The number of likely N-dealkylation sites (tertiary alicyclic amines) is 1. The average molecular weight is 512 g/mol. The molecule has 10 heteroatoms. The minimum absolute atomic E-state index is 0.0484. The Balaban J connectivity index is 1.24. The van der Waals surface area contributed by atoms with Crippen LogP contribution in [0.25, 0.3) is 15.4 Å². The van der Waals surface area contributed by atoms with Crippen LogP contribution in [-0.2, 0) is 0 Å². The topological polar surface area (TPSA) is 79.6 Å². The van der Waals surface area contributed by atoms with E-state index in [1.165, 1.54) is 11.3 Å². The first-order chi connectivity index (χ1) is 16.4. The highest BCUT2D eigenvalue weighted by molar-refractivity contribution is 7.15. The Kier molecular flexibility index (Phi) is 5.24. The Morgan fingerprint density at radius 2 is 2.09 bits per heavy atom. The predicted molar refractivity (Wildman–Crippen MR) is 134 cm³/mol. The van der Waals surface area contributed by atoms with Crippen LogP contribution in [-0.4, -0.2) is 49.7 Å². The number of piperidine rings is 1. The normalized spacial score (nSPS) is 21.1. The Morgan fingerprint density at radius 1 is 1.24 bits per heavy atom. The van der Waals surface area contributed by atoms with E-state index in [0.29, 0.717) is 28.8 Å². The molecule has 4 heterocycles. The molecule has 0 radical (unpaired) electrons. The standard InChI is InChI=1S/C24H22ClN5O2S2/c1-12-4-3-5-14(8-12)20-18(27-13(2)34-20)23(32)30-16(9-15-10-17(15)30)11-26-22(31)19-21(25)28-24-29(19)6-7-33-24/h3-8,15-17H,9-11H2,1-2H3,(H,26,31)/t15?,16?,17-/m0/s1. The predicted octanol–water partition coefficient (Wildman–Crippen LogP) is 4.82. The lowest BCUT2D eigenvalue weighted by atomic mass is 10.1. The molecular weight excluding hydrogens is 490 g/mol. The summed E-state index contributed by atoms with van der Waals surface area (Å²) in [5.41, 5.74) is 3.00. The number of benzene rings is 1. The molecule has 0 bridgehead atoms. The molecule has 1 saturated carbocycles. The van der Waals surface area contributed by atoms with Gasteiger partial charge in [0.1, 0.15) is 5.69 Å². The van der Waals surface area contributed by atoms with Crippen molar-refractivity contribution >= 4 is 51.0 Å². The van der Waals surface area contributed by atoms with E-state index >= 15 is 0 Å². The number of thiazole rings is 2. The largest absolute Gasteiger partial charge is 0.349 e. The van der Waals surface area contributed by atoms with E-state index in [4.69, 9.17) is 11.6 Å². The zero-order valence-corrected chi connectivity index (χ0v) is 21.0. The fourth-order valence-electron chi connectivity index (χ4n) is 4.99. The van der Waals surface area contributed by atoms with E-state index in [1.807, 2.05) is 42.3 Å². The van der Waals surface area contributed by atoms with Crippen LogP contribution in [0.15, 0.2) is 35.8 Å². The van der Waals surface area contributed by atoms with E-state index in [9.17, 15) is 9.59 Å². The van der Waals surface area contributed by atoms with Gasteiger partial charge in [0.2, 0.25) is 0 Å². The molecule has 3 atom stereocenters. The lowest BCUT2D eigenvalue weighted by Gasteiger charge is -2.27. The van der Waals surface area contributed by atoms with Gasteiger partial charge in [-0.25, -0.2) is 9.97 Å². The first-order valence-electron chi connectivity index (χ1n) is 11.2. The lowest BCUT2D eigenvalue weighted by Crippen LogP contribution is -2.45. The van der Waals surface area contributed by atoms with Crippen molar-refractivity contribution in [2.24, 2.45) is 5.92 Å². The maximum Gasteiger partial charge on any atom is 0.274 e. The SMILES string of the molecule is Cc1cccc(-c2sc(C)nc2C(=O)N2C(CNC(=O)c3c(Cl)nc4sccn34)CC3C[C@@H]32)c1. The van der Waals surface area contributed by atoms with Gasteiger partial charge in [-0.2, -0.15) is 0 Å². The van der Waals surface area contributed by atoms with Crippen molar-refractivity contribution in [3.63, 3.8) is 0 Å². The molecule has 7 nitrogen and oxygen atoms in total. The van der Waals surface area contributed by atoms with E-state index in [1.54, 1.807) is 21.9 Å². The van der Waals surface area contributed by atoms with Crippen molar-refractivity contribution in [3.05, 3.63) is 63.0 Å². The van der Waals surface area contributed by atoms with E-state index in [0.717, 1.165) is 33.9 Å². The van der Waals surface area contributed by atoms with E-state index in [2.05, 4.69) is 21.4 Å². The zero-order valence-electron chi connectivity index (χ0n) is 18.6. The molecule has 0 spiro atoms. The second-order valence-corrected chi connectivity index (χ2v) is 11.4. The van der Waals surface area contributed by atoms with Gasteiger partial charge in [0.05, 0.1) is 15.9 Å². The number of fused-ring (bicyclic) bond motifs is 2. The maximum atomic E-state index is 13.8. The van der Waals surface area contributed by atoms with Gasteiger partial charge < -0.3 is 10.2 Å². The molecule has 2 fully saturated rings. The van der Waals surface area contributed by atoms with Crippen molar-refractivity contribution in [3.8, 4) is 10.4 Å². The molecule has 34 heavy (non-hydrogen) atoms. The molecule has 2 unspecified atom stereocenters. The van der Waals surface area contributed by atoms with Crippen molar-refractivity contribution in [1.29, 1.82) is 0 Å². The fourth-order valence-corrected chi connectivity index (χ4v) is 6.92. The van der Waals surface area contributed by atoms with E-state index < -0.39 is 0 Å². The molecule has 1 aliphatic carbocycles. The Bertz CT molecular complexity index is 1440. The summed E-state index contributed by atoms with van der Waals surface area (Å²) in [6.45, 7) is 4.35. The van der Waals surface area contributed by atoms with Crippen molar-refractivity contribution < 1.29 is 9.59 Å². The Morgan fingerprint density at radius 3 is 2.91 bits per heavy atom. The third kappa shape index (κ3) is 3.62. The minimum Gasteiger partial charge on any atom is -0.349 e. The number of amides is 2. The average Bonchev–Trinajstić information content (AvgIpc) is 3.16. The molecule has 1 N–H and O–H groups in total. The summed E-state index contributed by atoms with van der Waals surface area (Å²) in [6.07, 6.45) is 3.68. The lowest BCUT2D eigenvalue weighted by molar-refractivity contribution is 0.0684. The molecule has 1 saturated heterocycles. The third-order valence-electron chi connectivity index (χ3n) is 6.60. The zero-order chi connectivity index (χ0) is 23.6. The maximum absolute atomic E-state index is 13.8. The summed E-state index contributed by atoms with van der Waals surface area (Å²) < 4.78 is 1.70. The van der Waals surface area contributed by atoms with Gasteiger partial charge in [-0.05, 0) is 38.2 Å². The summed E-state index contributed by atoms with van der Waals surface area (Å²) in [6, 6.07) is 8.32. The number of halogens is 1. The number of carbonyl (C=O) groups is 2. The van der Waals surface area contributed by atoms with Gasteiger partial charge in [0.15, 0.2) is 15.8 Å². The summed E-state index contributed by atoms with van der Waals surface area (Å²) in [4.78, 5) is 39.1. The Hall–Kier alpha value is -2.75. The van der Waals surface area contributed by atoms with Crippen LogP contribution in [0.2, 0.25) is 5.15 Å². The van der Waals surface area contributed by atoms with Crippen LogP contribution in [0.1, 0.15) is 44.4 Å². The van der Waals surface area contributed by atoms with Gasteiger partial charge in [0, 0.05) is 24.2 Å². The molecular formula is C24H22ClN5O2S2. The van der Waals surface area contributed by atoms with Crippen LogP contribution >= 0.6 is 34.3 Å². The van der Waals surface area contributed by atoms with Gasteiger partial charge in [-0.15, -0.1) is 22.7 Å². The molecule has 1 aliphatic heterocycles. The molecule has 1 aromatic carbocycles. The van der Waals surface area contributed by atoms with Gasteiger partial charge >= 0.3 is 0 Å². The molecule has 2 amide bonds. The molecule has 174 valence electrons. The number of hydrogen-bond donors (Lipinski definition) is 1. The first-order valence-corrected chi connectivity index (χ1v) is 13.2. The smallest absolute Gasteiger partial charge is 0.274 e. The van der Waals surface area contributed by atoms with Crippen LogP contribution in [0.3, 0.4) is 0 Å². The summed E-state index contributed by atoms with van der Waals surface area (Å²) in [7, 11) is 0. The molecule has 3 aromatic heterocycles. The summed E-state index contributed by atoms with van der Waals surface area (Å²) in [5.74, 6) is 0.164.